The summed E-state index contributed by atoms with van der Waals surface area (Å²) in [5.41, 5.74) is 0. The number of aliphatic hydroxyl groups is 1. The Hall–Kier alpha value is -1.36. The second-order valence-corrected chi connectivity index (χ2v) is 3.47. The van der Waals surface area contributed by atoms with Gasteiger partial charge < -0.3 is 14.7 Å². The zero-order valence-corrected chi connectivity index (χ0v) is 8.68. The van der Waals surface area contributed by atoms with E-state index in [1.54, 1.807) is 0 Å². The second kappa shape index (κ2) is 4.93. The first kappa shape index (κ1) is 11.7. The van der Waals surface area contributed by atoms with Crippen molar-refractivity contribution in [1.29, 1.82) is 0 Å². The van der Waals surface area contributed by atoms with Crippen molar-refractivity contribution in [1.82, 2.24) is 4.90 Å². The molecule has 0 radical (unpaired) electrons. The molecule has 1 fully saturated rings. The molecule has 1 rings (SSSR count). The first-order chi connectivity index (χ1) is 7.10. The lowest BCUT2D eigenvalue weighted by molar-refractivity contribution is -0.150. The van der Waals surface area contributed by atoms with E-state index in [1.807, 2.05) is 0 Å². The Morgan fingerprint density at radius 3 is 2.87 bits per heavy atom. The van der Waals surface area contributed by atoms with Gasteiger partial charge >= 0.3 is 5.97 Å². The van der Waals surface area contributed by atoms with E-state index in [9.17, 15) is 14.7 Å². The van der Waals surface area contributed by atoms with Gasteiger partial charge in [0.25, 0.3) is 0 Å². The Kier molecular flexibility index (Phi) is 3.85. The lowest BCUT2D eigenvalue weighted by Crippen LogP contribution is -2.40. The lowest BCUT2D eigenvalue weighted by atomic mass is 10.2. The topological polar surface area (TPSA) is 66.8 Å². The van der Waals surface area contributed by atoms with Gasteiger partial charge in [-0.2, -0.15) is 0 Å². The number of carbonyl (C=O) groups excluding carboxylic acids is 2. The quantitative estimate of drug-likeness (QED) is 0.516. The van der Waals surface area contributed by atoms with Gasteiger partial charge in [-0.15, -0.1) is 6.58 Å². The van der Waals surface area contributed by atoms with Crippen LogP contribution in [-0.2, 0) is 14.3 Å². The van der Waals surface area contributed by atoms with E-state index in [0.29, 0.717) is 0 Å². The Bertz CT molecular complexity index is 277. The molecule has 84 valence electrons. The zero-order chi connectivity index (χ0) is 11.4. The van der Waals surface area contributed by atoms with Crippen molar-refractivity contribution < 1.29 is 19.4 Å². The van der Waals surface area contributed by atoms with Crippen LogP contribution in [-0.4, -0.2) is 47.7 Å². The molecule has 15 heavy (non-hydrogen) atoms. The van der Waals surface area contributed by atoms with Crippen molar-refractivity contribution in [3.63, 3.8) is 0 Å². The number of hydrogen-bond acceptors (Lipinski definition) is 4. The molecule has 0 aromatic rings. The summed E-state index contributed by atoms with van der Waals surface area (Å²) in [6.45, 7) is 3.64. The van der Waals surface area contributed by atoms with Gasteiger partial charge in [-0.25, -0.2) is 4.79 Å². The average molecular weight is 213 g/mol. The largest absolute Gasteiger partial charge is 0.467 e. The molecule has 5 nitrogen and oxygen atoms in total. The van der Waals surface area contributed by atoms with Crippen LogP contribution in [0.4, 0.5) is 0 Å². The summed E-state index contributed by atoms with van der Waals surface area (Å²) < 4.78 is 4.57. The molecule has 1 saturated heterocycles. The molecule has 1 heterocycles. The maximum absolute atomic E-state index is 11.6. The summed E-state index contributed by atoms with van der Waals surface area (Å²) in [7, 11) is 1.27. The van der Waals surface area contributed by atoms with Crippen LogP contribution >= 0.6 is 0 Å². The molecule has 1 aliphatic heterocycles. The predicted molar refractivity (Wildman–Crippen MR) is 53.0 cm³/mol. The maximum Gasteiger partial charge on any atom is 0.328 e. The highest BCUT2D eigenvalue weighted by atomic mass is 16.5. The van der Waals surface area contributed by atoms with E-state index in [2.05, 4.69) is 11.3 Å². The van der Waals surface area contributed by atoms with Crippen molar-refractivity contribution >= 4 is 11.9 Å². The highest BCUT2D eigenvalue weighted by Crippen LogP contribution is 2.19. The molecular formula is C10H15NO4. The van der Waals surface area contributed by atoms with E-state index in [1.165, 1.54) is 18.1 Å². The zero-order valence-electron chi connectivity index (χ0n) is 8.68. The number of methoxy groups -OCH3 is 1. The molecule has 2 unspecified atom stereocenters. The SMILES string of the molecule is C=CCC(=O)N1CC(O)CC1C(=O)OC. The average Bonchev–Trinajstić information content (AvgIpc) is 2.59. The minimum absolute atomic E-state index is 0.167. The van der Waals surface area contributed by atoms with Crippen LogP contribution in [0.2, 0.25) is 0 Å². The van der Waals surface area contributed by atoms with Crippen LogP contribution in [0, 0.1) is 0 Å². The predicted octanol–water partition coefficient (Wildman–Crippen LogP) is -0.303. The molecular weight excluding hydrogens is 198 g/mol. The van der Waals surface area contributed by atoms with Gasteiger partial charge in [0.2, 0.25) is 5.91 Å². The monoisotopic (exact) mass is 213 g/mol. The Morgan fingerprint density at radius 1 is 1.67 bits per heavy atom. The number of amides is 1. The Labute approximate surface area is 88.3 Å². The summed E-state index contributed by atoms with van der Waals surface area (Å²) in [4.78, 5) is 24.2. The van der Waals surface area contributed by atoms with Crippen molar-refractivity contribution in [2.24, 2.45) is 0 Å². The molecule has 0 spiro atoms. The van der Waals surface area contributed by atoms with Crippen LogP contribution in [0.3, 0.4) is 0 Å². The molecule has 0 aliphatic carbocycles. The van der Waals surface area contributed by atoms with Gasteiger partial charge in [-0.05, 0) is 0 Å². The van der Waals surface area contributed by atoms with Gasteiger partial charge in [0.1, 0.15) is 6.04 Å². The minimum Gasteiger partial charge on any atom is -0.467 e. The number of β-amino-alcohol motifs (C(OH)–C–C–N with tert-alkyl or cyclic N) is 1. The normalized spacial score (nSPS) is 25.1. The first-order valence-corrected chi connectivity index (χ1v) is 4.76. The summed E-state index contributed by atoms with van der Waals surface area (Å²) in [5, 5.41) is 9.40. The number of ether oxygens (including phenoxy) is 1. The number of aliphatic hydroxyl groups excluding tert-OH is 1. The lowest BCUT2D eigenvalue weighted by Gasteiger charge is -2.21. The van der Waals surface area contributed by atoms with Gasteiger partial charge in [0, 0.05) is 19.4 Å². The van der Waals surface area contributed by atoms with Gasteiger partial charge in [0.05, 0.1) is 13.2 Å². The third-order valence-corrected chi connectivity index (χ3v) is 2.39. The molecule has 0 aromatic heterocycles. The second-order valence-electron chi connectivity index (χ2n) is 3.47. The molecule has 0 bridgehead atoms. The molecule has 0 saturated carbocycles. The van der Waals surface area contributed by atoms with Crippen molar-refractivity contribution in [3.05, 3.63) is 12.7 Å². The smallest absolute Gasteiger partial charge is 0.328 e. The molecule has 1 N–H and O–H groups in total. The third-order valence-electron chi connectivity index (χ3n) is 2.39. The highest BCUT2D eigenvalue weighted by molar-refractivity contribution is 5.85. The number of carbonyl (C=O) groups is 2. The summed E-state index contributed by atoms with van der Waals surface area (Å²) in [5.74, 6) is -0.694. The Balaban J connectivity index is 2.72. The molecule has 0 aromatic carbocycles. The molecule has 1 aliphatic rings. The minimum atomic E-state index is -0.655. The summed E-state index contributed by atoms with van der Waals surface area (Å²) >= 11 is 0. The number of likely N-dealkylation sites (tertiary alicyclic amines) is 1. The molecule has 5 heteroatoms. The van der Waals surface area contributed by atoms with Crippen molar-refractivity contribution in [3.8, 4) is 0 Å². The highest BCUT2D eigenvalue weighted by Gasteiger charge is 2.38. The van der Waals surface area contributed by atoms with Crippen LogP contribution in [0.5, 0.6) is 0 Å². The fraction of sp³-hybridized carbons (Fsp3) is 0.600. The van der Waals surface area contributed by atoms with Gasteiger partial charge in [-0.1, -0.05) is 6.08 Å². The van der Waals surface area contributed by atoms with Crippen LogP contribution < -0.4 is 0 Å². The fourth-order valence-corrected chi connectivity index (χ4v) is 1.69. The third kappa shape index (κ3) is 2.56. The summed E-state index contributed by atoms with van der Waals surface area (Å²) in [6.07, 6.45) is 1.24. The van der Waals surface area contributed by atoms with Crippen molar-refractivity contribution in [2.45, 2.75) is 25.0 Å². The number of esters is 1. The summed E-state index contributed by atoms with van der Waals surface area (Å²) in [6, 6.07) is -0.655. The fourth-order valence-electron chi connectivity index (χ4n) is 1.69. The van der Waals surface area contributed by atoms with Crippen LogP contribution in [0.15, 0.2) is 12.7 Å². The molecule has 1 amide bonds. The van der Waals surface area contributed by atoms with E-state index >= 15 is 0 Å². The van der Waals surface area contributed by atoms with Crippen molar-refractivity contribution in [2.75, 3.05) is 13.7 Å². The van der Waals surface area contributed by atoms with Crippen LogP contribution in [0.1, 0.15) is 12.8 Å². The van der Waals surface area contributed by atoms with Gasteiger partial charge in [-0.3, -0.25) is 4.79 Å². The van der Waals surface area contributed by atoms with E-state index in [4.69, 9.17) is 0 Å². The Morgan fingerprint density at radius 2 is 2.33 bits per heavy atom. The van der Waals surface area contributed by atoms with E-state index in [0.717, 1.165) is 0 Å². The first-order valence-electron chi connectivity index (χ1n) is 4.76. The number of rotatable bonds is 3. The van der Waals surface area contributed by atoms with Crippen LogP contribution in [0.25, 0.3) is 0 Å². The maximum atomic E-state index is 11.6. The van der Waals surface area contributed by atoms with Gasteiger partial charge in [0.15, 0.2) is 0 Å². The van der Waals surface area contributed by atoms with E-state index in [-0.39, 0.29) is 25.3 Å². The molecule has 2 atom stereocenters. The number of hydrogen-bond donors (Lipinski definition) is 1. The standard InChI is InChI=1S/C10H15NO4/c1-3-4-9(13)11-6-7(12)5-8(11)10(14)15-2/h3,7-8,12H,1,4-6H2,2H3. The van der Waals surface area contributed by atoms with E-state index < -0.39 is 18.1 Å². The number of nitrogens with zero attached hydrogens (tertiary/aromatic N) is 1.